The zero-order chi connectivity index (χ0) is 15.0. The lowest BCUT2D eigenvalue weighted by Gasteiger charge is -2.40. The van der Waals surface area contributed by atoms with Gasteiger partial charge in [0.1, 0.15) is 0 Å². The molecule has 2 unspecified atom stereocenters. The van der Waals surface area contributed by atoms with Gasteiger partial charge in [0.25, 0.3) is 0 Å². The Morgan fingerprint density at radius 2 is 1.70 bits per heavy atom. The van der Waals surface area contributed by atoms with Gasteiger partial charge >= 0.3 is 0 Å². The molecule has 0 aromatic heterocycles. The van der Waals surface area contributed by atoms with Crippen molar-refractivity contribution in [3.05, 3.63) is 35.9 Å². The molecule has 1 N–H and O–H groups in total. The summed E-state index contributed by atoms with van der Waals surface area (Å²) in [5.74, 6) is 1.42. The molecular formula is C19H33N. The van der Waals surface area contributed by atoms with Crippen molar-refractivity contribution in [1.29, 1.82) is 0 Å². The summed E-state index contributed by atoms with van der Waals surface area (Å²) in [5.41, 5.74) is 1.77. The molecule has 0 heterocycles. The molecule has 114 valence electrons. The second-order valence-corrected chi connectivity index (χ2v) is 6.59. The fourth-order valence-corrected chi connectivity index (χ4v) is 3.30. The highest BCUT2D eigenvalue weighted by atomic mass is 14.9. The highest BCUT2D eigenvalue weighted by Crippen LogP contribution is 2.37. The average molecular weight is 275 g/mol. The van der Waals surface area contributed by atoms with Crippen molar-refractivity contribution in [3.63, 3.8) is 0 Å². The minimum atomic E-state index is 0.270. The molecule has 0 saturated carbocycles. The molecule has 0 spiro atoms. The van der Waals surface area contributed by atoms with Crippen molar-refractivity contribution in [2.45, 2.75) is 59.3 Å². The van der Waals surface area contributed by atoms with Crippen LogP contribution in [0.25, 0.3) is 0 Å². The van der Waals surface area contributed by atoms with Crippen molar-refractivity contribution in [2.24, 2.45) is 11.8 Å². The first kappa shape index (κ1) is 17.2. The van der Waals surface area contributed by atoms with Gasteiger partial charge in [-0.25, -0.2) is 0 Å². The number of nitrogens with one attached hydrogen (secondary N) is 1. The third-order valence-electron chi connectivity index (χ3n) is 4.64. The Balaban J connectivity index is 2.96. The minimum absolute atomic E-state index is 0.270. The van der Waals surface area contributed by atoms with Crippen LogP contribution < -0.4 is 5.32 Å². The van der Waals surface area contributed by atoms with Crippen LogP contribution in [0.2, 0.25) is 0 Å². The molecule has 0 aliphatic heterocycles. The molecule has 0 aliphatic carbocycles. The Kier molecular flexibility index (Phi) is 7.29. The zero-order valence-electron chi connectivity index (χ0n) is 14.1. The van der Waals surface area contributed by atoms with Crippen molar-refractivity contribution < 1.29 is 0 Å². The van der Waals surface area contributed by atoms with Gasteiger partial charge < -0.3 is 5.32 Å². The molecule has 1 nitrogen and oxygen atoms in total. The SMILES string of the molecule is CCCC(C)C(CC)(CNCC(C)C)c1ccccc1. The summed E-state index contributed by atoms with van der Waals surface area (Å²) in [4.78, 5) is 0. The molecule has 1 rings (SSSR count). The molecule has 0 fully saturated rings. The van der Waals surface area contributed by atoms with Crippen molar-refractivity contribution in [2.75, 3.05) is 13.1 Å². The van der Waals surface area contributed by atoms with E-state index in [4.69, 9.17) is 0 Å². The standard InChI is InChI=1S/C19H33N/c1-6-11-17(5)19(7-2,15-20-14-16(3)4)18-12-9-8-10-13-18/h8-10,12-13,16-17,20H,6-7,11,14-15H2,1-5H3. The van der Waals surface area contributed by atoms with Gasteiger partial charge in [-0.1, -0.05) is 77.8 Å². The summed E-state index contributed by atoms with van der Waals surface area (Å²) in [6, 6.07) is 11.1. The predicted octanol–water partition coefficient (Wildman–Crippen LogP) is 5.02. The second-order valence-electron chi connectivity index (χ2n) is 6.59. The molecule has 0 bridgehead atoms. The van der Waals surface area contributed by atoms with E-state index in [1.54, 1.807) is 0 Å². The normalized spacial score (nSPS) is 16.1. The quantitative estimate of drug-likeness (QED) is 0.667. The van der Waals surface area contributed by atoms with Crippen LogP contribution in [0.15, 0.2) is 30.3 Å². The van der Waals surface area contributed by atoms with E-state index in [9.17, 15) is 0 Å². The molecule has 1 aromatic rings. The molecule has 0 radical (unpaired) electrons. The maximum absolute atomic E-state index is 3.71. The number of benzene rings is 1. The summed E-state index contributed by atoms with van der Waals surface area (Å²) in [6.45, 7) is 13.8. The second kappa shape index (κ2) is 8.46. The Morgan fingerprint density at radius 3 is 2.20 bits per heavy atom. The van der Waals surface area contributed by atoms with Crippen LogP contribution in [-0.2, 0) is 5.41 Å². The highest BCUT2D eigenvalue weighted by Gasteiger charge is 2.35. The van der Waals surface area contributed by atoms with Crippen LogP contribution in [0.3, 0.4) is 0 Å². The van der Waals surface area contributed by atoms with Crippen molar-refractivity contribution >= 4 is 0 Å². The minimum Gasteiger partial charge on any atom is -0.316 e. The van der Waals surface area contributed by atoms with E-state index in [1.165, 1.54) is 24.8 Å². The van der Waals surface area contributed by atoms with Crippen molar-refractivity contribution in [3.8, 4) is 0 Å². The first-order chi connectivity index (χ1) is 9.56. The fourth-order valence-electron chi connectivity index (χ4n) is 3.30. The average Bonchev–Trinajstić information content (AvgIpc) is 2.44. The first-order valence-electron chi connectivity index (χ1n) is 8.33. The Morgan fingerprint density at radius 1 is 1.05 bits per heavy atom. The van der Waals surface area contributed by atoms with Gasteiger partial charge in [0.05, 0.1) is 0 Å². The number of rotatable bonds is 9. The van der Waals surface area contributed by atoms with Crippen molar-refractivity contribution in [1.82, 2.24) is 5.32 Å². The monoisotopic (exact) mass is 275 g/mol. The van der Waals surface area contributed by atoms with E-state index in [0.29, 0.717) is 11.8 Å². The summed E-state index contributed by atoms with van der Waals surface area (Å²) < 4.78 is 0. The third kappa shape index (κ3) is 4.34. The largest absolute Gasteiger partial charge is 0.316 e. The van der Waals surface area contributed by atoms with Gasteiger partial charge in [-0.3, -0.25) is 0 Å². The summed E-state index contributed by atoms with van der Waals surface area (Å²) in [5, 5.41) is 3.71. The topological polar surface area (TPSA) is 12.0 Å². The Labute approximate surface area is 126 Å². The van der Waals surface area contributed by atoms with E-state index in [1.807, 2.05) is 0 Å². The third-order valence-corrected chi connectivity index (χ3v) is 4.64. The molecule has 2 atom stereocenters. The Bertz CT molecular complexity index is 357. The smallest absolute Gasteiger partial charge is 0.0101 e. The van der Waals surface area contributed by atoms with Gasteiger partial charge in [-0.05, 0) is 30.4 Å². The van der Waals surface area contributed by atoms with E-state index in [2.05, 4.69) is 70.3 Å². The van der Waals surface area contributed by atoms with Crippen LogP contribution in [0, 0.1) is 11.8 Å². The summed E-state index contributed by atoms with van der Waals surface area (Å²) >= 11 is 0. The van der Waals surface area contributed by atoms with Gasteiger partial charge in [-0.2, -0.15) is 0 Å². The zero-order valence-corrected chi connectivity index (χ0v) is 14.1. The lowest BCUT2D eigenvalue weighted by Crippen LogP contribution is -2.44. The van der Waals surface area contributed by atoms with E-state index in [-0.39, 0.29) is 5.41 Å². The van der Waals surface area contributed by atoms with E-state index < -0.39 is 0 Å². The molecular weight excluding hydrogens is 242 g/mol. The lowest BCUT2D eigenvalue weighted by atomic mass is 9.67. The lowest BCUT2D eigenvalue weighted by molar-refractivity contribution is 0.245. The van der Waals surface area contributed by atoms with Gasteiger partial charge in [0, 0.05) is 12.0 Å². The highest BCUT2D eigenvalue weighted by molar-refractivity contribution is 5.27. The van der Waals surface area contributed by atoms with Gasteiger partial charge in [0.2, 0.25) is 0 Å². The molecule has 0 aliphatic rings. The maximum Gasteiger partial charge on any atom is 0.0101 e. The van der Waals surface area contributed by atoms with E-state index in [0.717, 1.165) is 13.1 Å². The predicted molar refractivity (Wildman–Crippen MR) is 90.2 cm³/mol. The van der Waals surface area contributed by atoms with Crippen LogP contribution in [0.1, 0.15) is 59.4 Å². The number of hydrogen-bond donors (Lipinski definition) is 1. The summed E-state index contributed by atoms with van der Waals surface area (Å²) in [6.07, 6.45) is 3.76. The molecule has 1 aromatic carbocycles. The summed E-state index contributed by atoms with van der Waals surface area (Å²) in [7, 11) is 0. The molecule has 20 heavy (non-hydrogen) atoms. The number of hydrogen-bond acceptors (Lipinski definition) is 1. The van der Waals surface area contributed by atoms with E-state index >= 15 is 0 Å². The van der Waals surface area contributed by atoms with Crippen LogP contribution in [0.5, 0.6) is 0 Å². The molecule has 1 heteroatoms. The first-order valence-corrected chi connectivity index (χ1v) is 8.33. The van der Waals surface area contributed by atoms with Crippen LogP contribution in [-0.4, -0.2) is 13.1 Å². The molecule has 0 saturated heterocycles. The van der Waals surface area contributed by atoms with Gasteiger partial charge in [0.15, 0.2) is 0 Å². The van der Waals surface area contributed by atoms with Crippen LogP contribution in [0.4, 0.5) is 0 Å². The Hall–Kier alpha value is -0.820. The molecule has 0 amide bonds. The fraction of sp³-hybridized carbons (Fsp3) is 0.684. The maximum atomic E-state index is 3.71. The van der Waals surface area contributed by atoms with Gasteiger partial charge in [-0.15, -0.1) is 0 Å². The van der Waals surface area contributed by atoms with Crippen LogP contribution >= 0.6 is 0 Å².